The number of anilines is 1. The summed E-state index contributed by atoms with van der Waals surface area (Å²) in [6.07, 6.45) is 8.22. The molecule has 4 saturated heterocycles. The summed E-state index contributed by atoms with van der Waals surface area (Å²) in [6, 6.07) is -0.956. The monoisotopic (exact) mass is 729 g/mol. The van der Waals surface area contributed by atoms with Crippen molar-refractivity contribution in [1.82, 2.24) is 19.9 Å². The lowest BCUT2D eigenvalue weighted by atomic mass is 9.26. The molecule has 14 heteroatoms. The lowest BCUT2D eigenvalue weighted by Crippen LogP contribution is -2.71. The molecule has 0 spiro atoms. The molecule has 4 aliphatic rings. The Morgan fingerprint density at radius 2 is 1.80 bits per heavy atom. The van der Waals surface area contributed by atoms with E-state index in [0.29, 0.717) is 36.9 Å². The minimum absolute atomic E-state index is 0.0701. The van der Waals surface area contributed by atoms with Gasteiger partial charge in [-0.1, -0.05) is 93.2 Å². The summed E-state index contributed by atoms with van der Waals surface area (Å²) in [5.74, 6) is -3.37. The quantitative estimate of drug-likeness (QED) is 0.0924. The highest BCUT2D eigenvalue weighted by atomic mass is 79.9. The third kappa shape index (κ3) is 6.16. The van der Waals surface area contributed by atoms with Crippen molar-refractivity contribution >= 4 is 68.8 Å². The Labute approximate surface area is 281 Å². The molecule has 0 aromatic carbocycles. The topological polar surface area (TPSA) is 71.5 Å². The molecular weight excluding hydrogens is 690 g/mol. The van der Waals surface area contributed by atoms with Crippen molar-refractivity contribution in [1.29, 1.82) is 0 Å². The van der Waals surface area contributed by atoms with Crippen LogP contribution in [0.1, 0.15) is 91.9 Å². The van der Waals surface area contributed by atoms with Crippen molar-refractivity contribution in [2.45, 2.75) is 138 Å². The number of aromatic nitrogens is 3. The van der Waals surface area contributed by atoms with Gasteiger partial charge in [-0.05, 0) is 48.9 Å². The molecule has 2 aromatic heterocycles. The molecule has 1 amide bonds. The zero-order valence-electron chi connectivity index (χ0n) is 26.4. The number of nitrogens with zero attached hydrogens (tertiary/aromatic N) is 5. The summed E-state index contributed by atoms with van der Waals surface area (Å²) >= 11 is 10.8. The molecule has 0 N–H and O–H groups in total. The van der Waals surface area contributed by atoms with Crippen molar-refractivity contribution in [3.8, 4) is 0 Å². The molecule has 0 aliphatic carbocycles. The molecule has 4 fully saturated rings. The van der Waals surface area contributed by atoms with Gasteiger partial charge >= 0.3 is 6.09 Å². The number of carbonyl (C=O) groups is 1. The summed E-state index contributed by atoms with van der Waals surface area (Å²) < 4.78 is 56.0. The van der Waals surface area contributed by atoms with E-state index in [2.05, 4.69) is 25.9 Å². The van der Waals surface area contributed by atoms with Crippen molar-refractivity contribution in [2.75, 3.05) is 17.2 Å². The van der Waals surface area contributed by atoms with E-state index in [1.807, 2.05) is 6.92 Å². The Morgan fingerprint density at radius 3 is 2.42 bits per heavy atom. The van der Waals surface area contributed by atoms with E-state index in [9.17, 15) is 4.79 Å². The predicted molar refractivity (Wildman–Crippen MR) is 178 cm³/mol. The Bertz CT molecular complexity index is 1450. The fourth-order valence-electron chi connectivity index (χ4n) is 8.52. The van der Waals surface area contributed by atoms with Gasteiger partial charge in [0, 0.05) is 12.8 Å². The average Bonchev–Trinajstić information content (AvgIpc) is 3.16. The van der Waals surface area contributed by atoms with E-state index in [4.69, 9.17) is 21.3 Å². The Kier molecular flexibility index (Phi) is 9.31. The van der Waals surface area contributed by atoms with Crippen LogP contribution >= 0.6 is 39.3 Å². The van der Waals surface area contributed by atoms with Crippen molar-refractivity contribution < 1.29 is 22.7 Å². The highest BCUT2D eigenvalue weighted by Gasteiger charge is 2.68. The van der Waals surface area contributed by atoms with Gasteiger partial charge in [-0.15, -0.1) is 0 Å². The van der Waals surface area contributed by atoms with Crippen LogP contribution in [0.2, 0.25) is 23.1 Å². The minimum atomic E-state index is -2.38. The molecule has 3 atom stereocenters. The fraction of sp³-hybridized carbons (Fsp3) is 0.742. The molecule has 2 aromatic rings. The van der Waals surface area contributed by atoms with Crippen molar-refractivity contribution in [3.05, 3.63) is 15.6 Å². The van der Waals surface area contributed by atoms with Gasteiger partial charge in [-0.25, -0.2) is 37.8 Å². The first-order chi connectivity index (χ1) is 21.3. The molecule has 0 saturated carbocycles. The third-order valence-corrected chi connectivity index (χ3v) is 11.8. The lowest BCUT2D eigenvalue weighted by Gasteiger charge is -2.52. The van der Waals surface area contributed by atoms with Crippen LogP contribution in [0.25, 0.3) is 10.9 Å². The molecule has 0 radical (unpaired) electrons. The summed E-state index contributed by atoms with van der Waals surface area (Å²) in [7, 11) is 0. The van der Waals surface area contributed by atoms with E-state index >= 15 is 13.2 Å². The molecule has 6 heterocycles. The summed E-state index contributed by atoms with van der Waals surface area (Å²) in [5.41, 5.74) is -1.00. The smallest absolute Gasteiger partial charge is 0.415 e. The van der Waals surface area contributed by atoms with Crippen LogP contribution in [0.4, 0.5) is 23.8 Å². The van der Waals surface area contributed by atoms with Crippen LogP contribution in [-0.4, -0.2) is 68.2 Å². The number of ether oxygens (including phenoxy) is 1. The number of hydrogen-bond acceptors (Lipinski definition) is 7. The van der Waals surface area contributed by atoms with E-state index in [1.54, 1.807) is 25.7 Å². The summed E-state index contributed by atoms with van der Waals surface area (Å²) in [6.45, 7) is 7.22. The third-order valence-electron chi connectivity index (χ3n) is 10.2. The molecule has 246 valence electrons. The molecule has 7 nitrogen and oxygen atoms in total. The Hall–Kier alpha value is -1.47. The van der Waals surface area contributed by atoms with Gasteiger partial charge in [-0.3, -0.25) is 0 Å². The van der Waals surface area contributed by atoms with Crippen LogP contribution < -0.4 is 4.90 Å². The summed E-state index contributed by atoms with van der Waals surface area (Å²) in [5, 5.41) is 0.103. The van der Waals surface area contributed by atoms with Crippen LogP contribution in [0, 0.1) is 5.82 Å². The van der Waals surface area contributed by atoms with Crippen molar-refractivity contribution in [2.24, 2.45) is 0 Å². The van der Waals surface area contributed by atoms with Gasteiger partial charge in [0.1, 0.15) is 28.3 Å². The van der Waals surface area contributed by atoms with Crippen LogP contribution in [0.3, 0.4) is 0 Å². The van der Waals surface area contributed by atoms with Crippen LogP contribution in [0.15, 0.2) is 9.76 Å². The zero-order chi connectivity index (χ0) is 32.3. The molecule has 6 rings (SSSR count). The van der Waals surface area contributed by atoms with Crippen LogP contribution in [0.5, 0.6) is 0 Å². The molecular formula is C31H41BBrClF3N5O2S. The average molecular weight is 731 g/mol. The maximum Gasteiger partial charge on any atom is 0.415 e. The predicted octanol–water partition coefficient (Wildman–Crippen LogP) is 9.63. The zero-order valence-corrected chi connectivity index (χ0v) is 29.5. The number of fused-ring (bicyclic) bond motifs is 5. The van der Waals surface area contributed by atoms with Gasteiger partial charge in [0.25, 0.3) is 0 Å². The van der Waals surface area contributed by atoms with E-state index in [-0.39, 0.29) is 51.0 Å². The van der Waals surface area contributed by atoms with Gasteiger partial charge in [-0.2, -0.15) is 0 Å². The fourth-order valence-corrected chi connectivity index (χ4v) is 9.91. The van der Waals surface area contributed by atoms with Crippen LogP contribution in [-0.2, 0) is 4.74 Å². The second-order valence-corrected chi connectivity index (χ2v) is 16.5. The molecule has 4 bridgehead atoms. The number of pyridine rings is 1. The Balaban J connectivity index is 1.43. The normalized spacial score (nSPS) is 29.9. The SMILES string of the molecule is CCSc1nc(N2C[C@@]3(F)CC[C@@](F)([C@H]2CCCB2C4CCCC2CCC4)N3C(=O)OC(C)(C)C)c2c(Br)nc(Cl)c(F)c2n1. The number of amides is 1. The van der Waals surface area contributed by atoms with E-state index in [0.717, 1.165) is 11.2 Å². The van der Waals surface area contributed by atoms with Gasteiger partial charge in [0.05, 0.1) is 18.0 Å². The first-order valence-corrected chi connectivity index (χ1v) is 18.4. The number of rotatable bonds is 7. The first kappa shape index (κ1) is 33.4. The van der Waals surface area contributed by atoms with Gasteiger partial charge in [0.2, 0.25) is 11.6 Å². The Morgan fingerprint density at radius 1 is 1.13 bits per heavy atom. The molecule has 45 heavy (non-hydrogen) atoms. The number of thioether (sulfide) groups is 1. The van der Waals surface area contributed by atoms with E-state index < -0.39 is 35.1 Å². The second-order valence-electron chi connectivity index (χ2n) is 14.2. The number of alkyl halides is 2. The molecule has 0 unspecified atom stereocenters. The van der Waals surface area contributed by atoms with Gasteiger partial charge < -0.3 is 9.64 Å². The maximum absolute atomic E-state index is 17.7. The van der Waals surface area contributed by atoms with E-state index in [1.165, 1.54) is 50.3 Å². The lowest BCUT2D eigenvalue weighted by molar-refractivity contribution is -0.133. The second kappa shape index (κ2) is 12.5. The minimum Gasteiger partial charge on any atom is -0.444 e. The number of carbonyl (C=O) groups excluding carboxylic acids is 1. The number of piperazine rings is 1. The maximum atomic E-state index is 17.7. The standard InChI is InChI=1S/C31H41BBrClF3N5O2S/c1-5-45-27-38-23-21(24(33)39-25(34)22(23)35)26(40-27)41-17-30(36)14-15-31(37,42(30)28(43)44-29(2,3)4)20(41)13-8-16-32-18-9-6-10-19(32)12-7-11-18/h18-20H,5-17H2,1-4H3/t18?,19?,20-,30-,31+/m1/s1. The largest absolute Gasteiger partial charge is 0.444 e. The first-order valence-electron chi connectivity index (χ1n) is 16.3. The molecule has 4 aliphatic heterocycles. The van der Waals surface area contributed by atoms with Gasteiger partial charge in [0.15, 0.2) is 16.1 Å². The number of hydrogen-bond donors (Lipinski definition) is 0. The highest BCUT2D eigenvalue weighted by Crippen LogP contribution is 2.55. The highest BCUT2D eigenvalue weighted by molar-refractivity contribution is 9.10. The number of halogens is 5. The summed E-state index contributed by atoms with van der Waals surface area (Å²) in [4.78, 5) is 29.1. The van der Waals surface area contributed by atoms with Crippen molar-refractivity contribution in [3.63, 3.8) is 0 Å².